The highest BCUT2D eigenvalue weighted by Crippen LogP contribution is 2.03. The van der Waals surface area contributed by atoms with Gasteiger partial charge in [0.25, 0.3) is 0 Å². The van der Waals surface area contributed by atoms with E-state index in [1.807, 2.05) is 0 Å². The van der Waals surface area contributed by atoms with Crippen LogP contribution in [0.5, 0.6) is 0 Å². The van der Waals surface area contributed by atoms with Gasteiger partial charge in [0.15, 0.2) is 0 Å². The zero-order valence-electron chi connectivity index (χ0n) is 8.62. The highest BCUT2D eigenvalue weighted by atomic mass is 16.5. The second kappa shape index (κ2) is 8.53. The first-order valence-corrected chi connectivity index (χ1v) is 5.04. The topological polar surface area (TPSA) is 63.6 Å². The lowest BCUT2D eigenvalue weighted by Gasteiger charge is -2.02. The van der Waals surface area contributed by atoms with E-state index in [9.17, 15) is 9.59 Å². The van der Waals surface area contributed by atoms with E-state index in [0.717, 1.165) is 19.3 Å². The lowest BCUT2D eigenvalue weighted by atomic mass is 10.1. The standard InChI is InChI=1S/C10H18O4/c1-2-10(13)14-8-6-4-3-5-7-9(11)12/h2-8H2,1H3,(H,11,12). The SMILES string of the molecule is CCC(=O)OCCCCCCC(=O)O. The van der Waals surface area contributed by atoms with Crippen LogP contribution in [0.2, 0.25) is 0 Å². The van der Waals surface area contributed by atoms with Crippen LogP contribution in [0, 0.1) is 0 Å². The number of hydrogen-bond acceptors (Lipinski definition) is 3. The van der Waals surface area contributed by atoms with Gasteiger partial charge >= 0.3 is 11.9 Å². The molecular weight excluding hydrogens is 184 g/mol. The van der Waals surface area contributed by atoms with Crippen molar-refractivity contribution in [2.75, 3.05) is 6.61 Å². The Labute approximate surface area is 84.3 Å². The molecule has 0 spiro atoms. The van der Waals surface area contributed by atoms with Crippen LogP contribution in [0.15, 0.2) is 0 Å². The van der Waals surface area contributed by atoms with Crippen LogP contribution < -0.4 is 0 Å². The molecule has 0 bridgehead atoms. The summed E-state index contributed by atoms with van der Waals surface area (Å²) in [5.74, 6) is -0.919. The molecule has 0 atom stereocenters. The number of unbranched alkanes of at least 4 members (excludes halogenated alkanes) is 3. The van der Waals surface area contributed by atoms with Crippen molar-refractivity contribution in [1.82, 2.24) is 0 Å². The molecule has 4 nitrogen and oxygen atoms in total. The minimum atomic E-state index is -0.748. The molecule has 0 aliphatic carbocycles. The molecule has 0 amide bonds. The Morgan fingerprint density at radius 1 is 1.14 bits per heavy atom. The van der Waals surface area contributed by atoms with Crippen molar-refractivity contribution in [3.8, 4) is 0 Å². The molecular formula is C10H18O4. The van der Waals surface area contributed by atoms with E-state index >= 15 is 0 Å². The Bertz CT molecular complexity index is 177. The van der Waals surface area contributed by atoms with Crippen molar-refractivity contribution in [2.24, 2.45) is 0 Å². The minimum absolute atomic E-state index is 0.171. The summed E-state index contributed by atoms with van der Waals surface area (Å²) in [4.78, 5) is 20.8. The normalized spacial score (nSPS) is 9.79. The average Bonchev–Trinajstić information content (AvgIpc) is 2.15. The van der Waals surface area contributed by atoms with Crippen molar-refractivity contribution in [2.45, 2.75) is 45.4 Å². The largest absolute Gasteiger partial charge is 0.481 e. The molecule has 0 aliphatic heterocycles. The lowest BCUT2D eigenvalue weighted by molar-refractivity contribution is -0.143. The summed E-state index contributed by atoms with van der Waals surface area (Å²) < 4.78 is 4.86. The summed E-state index contributed by atoms with van der Waals surface area (Å²) in [6.45, 7) is 2.22. The van der Waals surface area contributed by atoms with Gasteiger partial charge in [0.1, 0.15) is 0 Å². The van der Waals surface area contributed by atoms with Crippen molar-refractivity contribution < 1.29 is 19.4 Å². The van der Waals surface area contributed by atoms with Gasteiger partial charge in [-0.2, -0.15) is 0 Å². The van der Waals surface area contributed by atoms with Crippen LogP contribution >= 0.6 is 0 Å². The maximum atomic E-state index is 10.7. The molecule has 0 aromatic heterocycles. The maximum absolute atomic E-state index is 10.7. The fourth-order valence-corrected chi connectivity index (χ4v) is 1.02. The third-order valence-corrected chi connectivity index (χ3v) is 1.84. The summed E-state index contributed by atoms with van der Waals surface area (Å²) in [5, 5.41) is 8.35. The van der Waals surface area contributed by atoms with E-state index in [4.69, 9.17) is 9.84 Å². The summed E-state index contributed by atoms with van der Waals surface area (Å²) in [6.07, 6.45) is 3.98. The van der Waals surface area contributed by atoms with Gasteiger partial charge in [-0.25, -0.2) is 0 Å². The zero-order valence-corrected chi connectivity index (χ0v) is 8.62. The molecule has 0 aromatic rings. The summed E-state index contributed by atoms with van der Waals surface area (Å²) in [6, 6.07) is 0. The first-order chi connectivity index (χ1) is 6.66. The molecule has 0 fully saturated rings. The summed E-state index contributed by atoms with van der Waals surface area (Å²) in [7, 11) is 0. The second-order valence-electron chi connectivity index (χ2n) is 3.13. The van der Waals surface area contributed by atoms with Gasteiger partial charge in [-0.15, -0.1) is 0 Å². The molecule has 14 heavy (non-hydrogen) atoms. The monoisotopic (exact) mass is 202 g/mol. The van der Waals surface area contributed by atoms with E-state index in [0.29, 0.717) is 19.4 Å². The second-order valence-corrected chi connectivity index (χ2v) is 3.13. The van der Waals surface area contributed by atoms with E-state index in [1.165, 1.54) is 0 Å². The van der Waals surface area contributed by atoms with Crippen molar-refractivity contribution in [1.29, 1.82) is 0 Å². The van der Waals surface area contributed by atoms with Gasteiger partial charge in [0, 0.05) is 12.8 Å². The van der Waals surface area contributed by atoms with Gasteiger partial charge < -0.3 is 9.84 Å². The molecule has 1 N–H and O–H groups in total. The molecule has 0 saturated carbocycles. The highest BCUT2D eigenvalue weighted by molar-refractivity contribution is 5.68. The molecule has 0 aromatic carbocycles. The van der Waals surface area contributed by atoms with Gasteiger partial charge in [0.05, 0.1) is 6.61 Å². The maximum Gasteiger partial charge on any atom is 0.305 e. The van der Waals surface area contributed by atoms with E-state index < -0.39 is 5.97 Å². The number of carbonyl (C=O) groups excluding carboxylic acids is 1. The lowest BCUT2D eigenvalue weighted by Crippen LogP contribution is -2.03. The van der Waals surface area contributed by atoms with Crippen molar-refractivity contribution in [3.05, 3.63) is 0 Å². The summed E-state index contributed by atoms with van der Waals surface area (Å²) >= 11 is 0. The highest BCUT2D eigenvalue weighted by Gasteiger charge is 1.98. The first kappa shape index (κ1) is 12.9. The first-order valence-electron chi connectivity index (χ1n) is 5.04. The number of hydrogen-bond donors (Lipinski definition) is 1. The van der Waals surface area contributed by atoms with Crippen LogP contribution in [0.4, 0.5) is 0 Å². The fraction of sp³-hybridized carbons (Fsp3) is 0.800. The number of ether oxygens (including phenoxy) is 1. The Balaban J connectivity index is 3.06. The van der Waals surface area contributed by atoms with Gasteiger partial charge in [0.2, 0.25) is 0 Å². The molecule has 0 aliphatic rings. The number of carboxylic acid groups (broad SMARTS) is 1. The fourth-order valence-electron chi connectivity index (χ4n) is 1.02. The van der Waals surface area contributed by atoms with Crippen LogP contribution in [-0.2, 0) is 14.3 Å². The predicted octanol–water partition coefficient (Wildman–Crippen LogP) is 1.97. The van der Waals surface area contributed by atoms with E-state index in [1.54, 1.807) is 6.92 Å². The Kier molecular flexibility index (Phi) is 7.89. The molecule has 4 heteroatoms. The number of carboxylic acids is 1. The molecule has 0 rings (SSSR count). The molecule has 82 valence electrons. The molecule has 0 heterocycles. The van der Waals surface area contributed by atoms with Crippen LogP contribution in [0.3, 0.4) is 0 Å². The Morgan fingerprint density at radius 2 is 1.79 bits per heavy atom. The van der Waals surface area contributed by atoms with E-state index in [2.05, 4.69) is 0 Å². The number of rotatable bonds is 8. The smallest absolute Gasteiger partial charge is 0.305 e. The van der Waals surface area contributed by atoms with Crippen LogP contribution in [-0.4, -0.2) is 23.7 Å². The van der Waals surface area contributed by atoms with Gasteiger partial charge in [-0.05, 0) is 12.8 Å². The third-order valence-electron chi connectivity index (χ3n) is 1.84. The number of carbonyl (C=O) groups is 2. The Hall–Kier alpha value is -1.06. The quantitative estimate of drug-likeness (QED) is 0.483. The summed E-state index contributed by atoms with van der Waals surface area (Å²) in [5.41, 5.74) is 0. The minimum Gasteiger partial charge on any atom is -0.481 e. The molecule has 0 radical (unpaired) electrons. The van der Waals surface area contributed by atoms with Gasteiger partial charge in [-0.1, -0.05) is 19.8 Å². The van der Waals surface area contributed by atoms with Crippen molar-refractivity contribution >= 4 is 11.9 Å². The zero-order chi connectivity index (χ0) is 10.8. The average molecular weight is 202 g/mol. The molecule has 0 saturated heterocycles. The number of aliphatic carboxylic acids is 1. The van der Waals surface area contributed by atoms with Gasteiger partial charge in [-0.3, -0.25) is 9.59 Å². The third kappa shape index (κ3) is 9.03. The van der Waals surface area contributed by atoms with Crippen molar-refractivity contribution in [3.63, 3.8) is 0 Å². The Morgan fingerprint density at radius 3 is 2.36 bits per heavy atom. The van der Waals surface area contributed by atoms with Crippen LogP contribution in [0.25, 0.3) is 0 Å². The molecule has 0 unspecified atom stereocenters. The predicted molar refractivity (Wildman–Crippen MR) is 52.0 cm³/mol. The number of esters is 1. The van der Waals surface area contributed by atoms with Crippen LogP contribution in [0.1, 0.15) is 45.4 Å². The van der Waals surface area contributed by atoms with E-state index in [-0.39, 0.29) is 12.4 Å².